The van der Waals surface area contributed by atoms with Crippen LogP contribution < -0.4 is 5.32 Å². The Morgan fingerprint density at radius 2 is 2.00 bits per heavy atom. The fraction of sp³-hybridized carbons (Fsp3) is 0.200. The van der Waals surface area contributed by atoms with Crippen LogP contribution in [0.15, 0.2) is 53.4 Å². The van der Waals surface area contributed by atoms with Crippen molar-refractivity contribution in [1.82, 2.24) is 5.32 Å². The van der Waals surface area contributed by atoms with Gasteiger partial charge in [-0.15, -0.1) is 0 Å². The van der Waals surface area contributed by atoms with Crippen LogP contribution in [0.1, 0.15) is 30.6 Å². The van der Waals surface area contributed by atoms with Gasteiger partial charge in [0, 0.05) is 11.1 Å². The SMILES string of the molecule is C/C=C1\OC(=O)C(NC(=O)c2ccccc2)=C1CC. The fourth-order valence-corrected chi connectivity index (χ4v) is 1.94. The number of benzene rings is 1. The van der Waals surface area contributed by atoms with Gasteiger partial charge in [-0.3, -0.25) is 4.79 Å². The van der Waals surface area contributed by atoms with Crippen LogP contribution in [0, 0.1) is 0 Å². The normalized spacial score (nSPS) is 16.7. The van der Waals surface area contributed by atoms with Gasteiger partial charge in [0.15, 0.2) is 0 Å². The second-order valence-electron chi connectivity index (χ2n) is 4.07. The largest absolute Gasteiger partial charge is 0.422 e. The molecule has 1 aliphatic rings. The van der Waals surface area contributed by atoms with Gasteiger partial charge in [-0.25, -0.2) is 4.79 Å². The van der Waals surface area contributed by atoms with Crippen molar-refractivity contribution >= 4 is 11.9 Å². The van der Waals surface area contributed by atoms with Gasteiger partial charge >= 0.3 is 5.97 Å². The first kappa shape index (κ1) is 13.1. The molecule has 4 nitrogen and oxygen atoms in total. The first-order chi connectivity index (χ1) is 9.17. The first-order valence-electron chi connectivity index (χ1n) is 6.15. The maximum absolute atomic E-state index is 12.0. The highest BCUT2D eigenvalue weighted by Crippen LogP contribution is 2.27. The molecule has 0 aliphatic carbocycles. The van der Waals surface area contributed by atoms with E-state index in [9.17, 15) is 9.59 Å². The minimum atomic E-state index is -0.505. The summed E-state index contributed by atoms with van der Waals surface area (Å²) >= 11 is 0. The quantitative estimate of drug-likeness (QED) is 0.846. The van der Waals surface area contributed by atoms with Crippen molar-refractivity contribution < 1.29 is 14.3 Å². The maximum atomic E-state index is 12.0. The molecule has 1 amide bonds. The standard InChI is InChI=1S/C15H15NO3/c1-3-11-12(4-2)19-15(18)13(11)16-14(17)10-8-6-5-7-9-10/h4-9H,3H2,1-2H3,(H,16,17)/b12-4-. The summed E-state index contributed by atoms with van der Waals surface area (Å²) in [5.74, 6) is -0.291. The zero-order valence-corrected chi connectivity index (χ0v) is 10.9. The van der Waals surface area contributed by atoms with Crippen LogP contribution in [0.4, 0.5) is 0 Å². The third kappa shape index (κ3) is 2.57. The summed E-state index contributed by atoms with van der Waals surface area (Å²) in [6.45, 7) is 3.70. The monoisotopic (exact) mass is 257 g/mol. The Morgan fingerprint density at radius 1 is 1.32 bits per heavy atom. The van der Waals surface area contributed by atoms with E-state index in [1.807, 2.05) is 13.0 Å². The van der Waals surface area contributed by atoms with Gasteiger partial charge in [-0.1, -0.05) is 25.1 Å². The number of cyclic esters (lactones) is 1. The number of allylic oxidation sites excluding steroid dienone is 2. The number of nitrogens with one attached hydrogen (secondary N) is 1. The van der Waals surface area contributed by atoms with Crippen molar-refractivity contribution in [2.45, 2.75) is 20.3 Å². The lowest BCUT2D eigenvalue weighted by Crippen LogP contribution is -2.26. The lowest BCUT2D eigenvalue weighted by Gasteiger charge is -2.04. The van der Waals surface area contributed by atoms with Gasteiger partial charge in [0.25, 0.3) is 5.91 Å². The average Bonchev–Trinajstić information content (AvgIpc) is 2.75. The molecule has 0 saturated carbocycles. The molecular formula is C15H15NO3. The predicted octanol–water partition coefficient (Wildman–Crippen LogP) is 2.54. The van der Waals surface area contributed by atoms with E-state index >= 15 is 0 Å². The number of carbonyl (C=O) groups excluding carboxylic acids is 2. The van der Waals surface area contributed by atoms with Crippen molar-refractivity contribution in [2.75, 3.05) is 0 Å². The van der Waals surface area contributed by atoms with E-state index in [2.05, 4.69) is 5.32 Å². The van der Waals surface area contributed by atoms with Crippen LogP contribution in [-0.4, -0.2) is 11.9 Å². The molecule has 2 rings (SSSR count). The lowest BCUT2D eigenvalue weighted by atomic mass is 10.1. The first-order valence-corrected chi connectivity index (χ1v) is 6.15. The molecular weight excluding hydrogens is 242 g/mol. The highest BCUT2D eigenvalue weighted by molar-refractivity contribution is 6.03. The fourth-order valence-electron chi connectivity index (χ4n) is 1.94. The Bertz CT molecular complexity index is 570. The van der Waals surface area contributed by atoms with E-state index in [-0.39, 0.29) is 11.6 Å². The smallest absolute Gasteiger partial charge is 0.360 e. The van der Waals surface area contributed by atoms with Crippen LogP contribution in [0.3, 0.4) is 0 Å². The molecule has 0 saturated heterocycles. The molecule has 0 bridgehead atoms. The van der Waals surface area contributed by atoms with Crippen LogP contribution in [0.25, 0.3) is 0 Å². The zero-order chi connectivity index (χ0) is 13.8. The summed E-state index contributed by atoms with van der Waals surface area (Å²) in [4.78, 5) is 23.8. The summed E-state index contributed by atoms with van der Waals surface area (Å²) in [5, 5.41) is 2.64. The maximum Gasteiger partial charge on any atom is 0.360 e. The zero-order valence-electron chi connectivity index (χ0n) is 10.9. The summed E-state index contributed by atoms with van der Waals surface area (Å²) < 4.78 is 5.10. The predicted molar refractivity (Wildman–Crippen MR) is 71.1 cm³/mol. The number of hydrogen-bond donors (Lipinski definition) is 1. The number of hydrogen-bond acceptors (Lipinski definition) is 3. The molecule has 0 spiro atoms. The molecule has 1 aliphatic heterocycles. The van der Waals surface area contributed by atoms with E-state index in [4.69, 9.17) is 4.74 Å². The van der Waals surface area contributed by atoms with E-state index in [0.29, 0.717) is 17.7 Å². The van der Waals surface area contributed by atoms with Crippen LogP contribution >= 0.6 is 0 Å². The molecule has 1 N–H and O–H groups in total. The van der Waals surface area contributed by atoms with Crippen molar-refractivity contribution in [3.63, 3.8) is 0 Å². The van der Waals surface area contributed by atoms with Gasteiger partial charge in [0.2, 0.25) is 0 Å². The molecule has 1 heterocycles. The van der Waals surface area contributed by atoms with Gasteiger partial charge < -0.3 is 10.1 Å². The van der Waals surface area contributed by atoms with Gasteiger partial charge in [-0.05, 0) is 31.6 Å². The molecule has 0 aromatic heterocycles. The number of amides is 1. The Balaban J connectivity index is 2.27. The molecule has 0 fully saturated rings. The minimum Gasteiger partial charge on any atom is -0.422 e. The van der Waals surface area contributed by atoms with Crippen molar-refractivity contribution in [3.8, 4) is 0 Å². The Morgan fingerprint density at radius 3 is 2.58 bits per heavy atom. The number of rotatable bonds is 3. The topological polar surface area (TPSA) is 55.4 Å². The number of carbonyl (C=O) groups is 2. The molecule has 0 unspecified atom stereocenters. The second-order valence-corrected chi connectivity index (χ2v) is 4.07. The summed E-state index contributed by atoms with van der Waals surface area (Å²) in [6.07, 6.45) is 2.34. The van der Waals surface area contributed by atoms with Crippen LogP contribution in [0.5, 0.6) is 0 Å². The molecule has 0 atom stereocenters. The average molecular weight is 257 g/mol. The van der Waals surface area contributed by atoms with Crippen LogP contribution in [-0.2, 0) is 9.53 Å². The molecule has 1 aromatic rings. The molecule has 19 heavy (non-hydrogen) atoms. The summed E-state index contributed by atoms with van der Waals surface area (Å²) in [5.41, 5.74) is 1.48. The van der Waals surface area contributed by atoms with E-state index < -0.39 is 5.97 Å². The van der Waals surface area contributed by atoms with E-state index in [1.54, 1.807) is 37.3 Å². The Kier molecular flexibility index (Phi) is 3.80. The lowest BCUT2D eigenvalue weighted by molar-refractivity contribution is -0.133. The van der Waals surface area contributed by atoms with Crippen LogP contribution in [0.2, 0.25) is 0 Å². The highest BCUT2D eigenvalue weighted by Gasteiger charge is 2.29. The second kappa shape index (κ2) is 5.52. The highest BCUT2D eigenvalue weighted by atomic mass is 16.5. The van der Waals surface area contributed by atoms with Crippen molar-refractivity contribution in [1.29, 1.82) is 0 Å². The van der Waals surface area contributed by atoms with Gasteiger partial charge in [0.1, 0.15) is 11.5 Å². The van der Waals surface area contributed by atoms with E-state index in [0.717, 1.165) is 5.57 Å². The van der Waals surface area contributed by atoms with Gasteiger partial charge in [-0.2, -0.15) is 0 Å². The van der Waals surface area contributed by atoms with E-state index in [1.165, 1.54) is 0 Å². The Hall–Kier alpha value is -2.36. The third-order valence-corrected chi connectivity index (χ3v) is 2.90. The molecule has 4 heteroatoms. The Labute approximate surface area is 111 Å². The minimum absolute atomic E-state index is 0.240. The van der Waals surface area contributed by atoms with Crippen molar-refractivity contribution in [3.05, 3.63) is 59.0 Å². The molecule has 0 radical (unpaired) electrons. The molecule has 1 aromatic carbocycles. The summed E-state index contributed by atoms with van der Waals surface area (Å²) in [6, 6.07) is 8.76. The number of ether oxygens (including phenoxy) is 1. The molecule has 98 valence electrons. The third-order valence-electron chi connectivity index (χ3n) is 2.90. The van der Waals surface area contributed by atoms with Crippen molar-refractivity contribution in [2.24, 2.45) is 0 Å². The van der Waals surface area contributed by atoms with Gasteiger partial charge in [0.05, 0.1) is 0 Å². The number of esters is 1. The summed E-state index contributed by atoms with van der Waals surface area (Å²) in [7, 11) is 0.